The number of halogens is 2. The maximum Gasteiger partial charge on any atom is 0.315 e. The highest BCUT2D eigenvalue weighted by atomic mass is 35.5. The van der Waals surface area contributed by atoms with Gasteiger partial charge in [-0.15, -0.1) is 0 Å². The number of hydrogen-bond acceptors (Lipinski definition) is 2. The van der Waals surface area contributed by atoms with E-state index in [1.165, 1.54) is 12.1 Å². The fourth-order valence-corrected chi connectivity index (χ4v) is 2.79. The van der Waals surface area contributed by atoms with Crippen LogP contribution in [-0.4, -0.2) is 30.3 Å². The second-order valence-electron chi connectivity index (χ2n) is 6.18. The van der Waals surface area contributed by atoms with Gasteiger partial charge in [-0.2, -0.15) is 0 Å². The highest BCUT2D eigenvalue weighted by Crippen LogP contribution is 2.50. The van der Waals surface area contributed by atoms with E-state index in [2.05, 4.69) is 10.6 Å². The lowest BCUT2D eigenvalue weighted by Crippen LogP contribution is -2.46. The summed E-state index contributed by atoms with van der Waals surface area (Å²) in [5.74, 6) is -0.366. The van der Waals surface area contributed by atoms with Crippen LogP contribution in [0.2, 0.25) is 5.02 Å². The van der Waals surface area contributed by atoms with Gasteiger partial charge in [0.1, 0.15) is 5.82 Å². The van der Waals surface area contributed by atoms with Gasteiger partial charge in [-0.3, -0.25) is 0 Å². The first-order chi connectivity index (χ1) is 10.4. The van der Waals surface area contributed by atoms with Crippen molar-refractivity contribution >= 4 is 17.6 Å². The van der Waals surface area contributed by atoms with E-state index in [1.807, 2.05) is 13.8 Å². The van der Waals surface area contributed by atoms with Crippen molar-refractivity contribution in [1.82, 2.24) is 10.6 Å². The van der Waals surface area contributed by atoms with Gasteiger partial charge in [-0.25, -0.2) is 9.18 Å². The largest absolute Gasteiger partial charge is 0.396 e. The number of urea groups is 1. The average Bonchev–Trinajstić information content (AvgIpc) is 3.25. The van der Waals surface area contributed by atoms with Crippen molar-refractivity contribution in [1.29, 1.82) is 0 Å². The average molecular weight is 329 g/mol. The van der Waals surface area contributed by atoms with E-state index >= 15 is 0 Å². The van der Waals surface area contributed by atoms with Crippen molar-refractivity contribution < 1.29 is 14.3 Å². The molecule has 1 aliphatic carbocycles. The third-order valence-corrected chi connectivity index (χ3v) is 4.76. The molecule has 0 aromatic heterocycles. The van der Waals surface area contributed by atoms with Crippen molar-refractivity contribution in [3.63, 3.8) is 0 Å². The lowest BCUT2D eigenvalue weighted by Gasteiger charge is -2.22. The van der Waals surface area contributed by atoms with Gasteiger partial charge in [0.05, 0.1) is 0 Å². The number of amides is 2. The third-order valence-electron chi connectivity index (χ3n) is 4.44. The van der Waals surface area contributed by atoms with Crippen LogP contribution in [0.5, 0.6) is 0 Å². The predicted molar refractivity (Wildman–Crippen MR) is 84.6 cm³/mol. The SMILES string of the molecule is CC(CO)C(C)NC(=O)NCC1(c2ccc(F)cc2Cl)CC1. The molecule has 3 N–H and O–H groups in total. The molecule has 0 spiro atoms. The summed E-state index contributed by atoms with van der Waals surface area (Å²) in [6.45, 7) is 4.21. The normalized spacial score (nSPS) is 18.4. The van der Waals surface area contributed by atoms with Gasteiger partial charge >= 0.3 is 6.03 Å². The zero-order valence-electron chi connectivity index (χ0n) is 12.8. The Balaban J connectivity index is 1.92. The smallest absolute Gasteiger partial charge is 0.315 e. The van der Waals surface area contributed by atoms with Gasteiger partial charge in [0, 0.05) is 29.6 Å². The van der Waals surface area contributed by atoms with Crippen LogP contribution in [-0.2, 0) is 5.41 Å². The summed E-state index contributed by atoms with van der Waals surface area (Å²) in [6, 6.07) is 4.02. The van der Waals surface area contributed by atoms with E-state index in [0.717, 1.165) is 18.4 Å². The Labute approximate surface area is 135 Å². The summed E-state index contributed by atoms with van der Waals surface area (Å²) >= 11 is 6.12. The van der Waals surface area contributed by atoms with E-state index in [9.17, 15) is 9.18 Å². The number of nitrogens with one attached hydrogen (secondary N) is 2. The molecule has 0 radical (unpaired) electrons. The first kappa shape index (κ1) is 17.0. The number of aliphatic hydroxyl groups excluding tert-OH is 1. The van der Waals surface area contributed by atoms with Crippen LogP contribution in [0, 0.1) is 11.7 Å². The molecule has 2 amide bonds. The van der Waals surface area contributed by atoms with Crippen LogP contribution in [0.1, 0.15) is 32.3 Å². The second-order valence-corrected chi connectivity index (χ2v) is 6.59. The molecule has 0 saturated heterocycles. The first-order valence-electron chi connectivity index (χ1n) is 7.49. The molecule has 1 aromatic carbocycles. The Bertz CT molecular complexity index is 549. The first-order valence-corrected chi connectivity index (χ1v) is 7.86. The molecule has 1 saturated carbocycles. The molecular weight excluding hydrogens is 307 g/mol. The van der Waals surface area contributed by atoms with E-state index in [0.29, 0.717) is 11.6 Å². The fraction of sp³-hybridized carbons (Fsp3) is 0.562. The van der Waals surface area contributed by atoms with Crippen molar-refractivity contribution in [3.05, 3.63) is 34.6 Å². The highest BCUT2D eigenvalue weighted by Gasteiger charge is 2.45. The zero-order valence-corrected chi connectivity index (χ0v) is 13.6. The molecule has 2 unspecified atom stereocenters. The molecule has 0 heterocycles. The van der Waals surface area contributed by atoms with Crippen molar-refractivity contribution in [2.75, 3.05) is 13.2 Å². The standard InChI is InChI=1S/C16H22ClFN2O2/c1-10(8-21)11(2)20-15(22)19-9-16(5-6-16)13-4-3-12(18)7-14(13)17/h3-4,7,10-11,21H,5-6,8-9H2,1-2H3,(H2,19,20,22). The van der Waals surface area contributed by atoms with Crippen molar-refractivity contribution in [2.45, 2.75) is 38.1 Å². The van der Waals surface area contributed by atoms with E-state index in [4.69, 9.17) is 16.7 Å². The summed E-state index contributed by atoms with van der Waals surface area (Å²) in [7, 11) is 0. The van der Waals surface area contributed by atoms with Crippen LogP contribution in [0.3, 0.4) is 0 Å². The molecule has 1 fully saturated rings. The minimum absolute atomic E-state index is 0.00724. The molecule has 2 rings (SSSR count). The van der Waals surface area contributed by atoms with Gasteiger partial charge < -0.3 is 15.7 Å². The van der Waals surface area contributed by atoms with Gasteiger partial charge in [0.25, 0.3) is 0 Å². The van der Waals surface area contributed by atoms with Gasteiger partial charge in [-0.1, -0.05) is 24.6 Å². The minimum Gasteiger partial charge on any atom is -0.396 e. The van der Waals surface area contributed by atoms with Crippen LogP contribution < -0.4 is 10.6 Å². The number of carbonyl (C=O) groups is 1. The topological polar surface area (TPSA) is 61.4 Å². The zero-order chi connectivity index (χ0) is 16.3. The number of hydrogen-bond donors (Lipinski definition) is 3. The maximum atomic E-state index is 13.1. The van der Waals surface area contributed by atoms with Crippen LogP contribution in [0.4, 0.5) is 9.18 Å². The van der Waals surface area contributed by atoms with Crippen LogP contribution in [0.25, 0.3) is 0 Å². The van der Waals surface area contributed by atoms with Crippen molar-refractivity contribution in [3.8, 4) is 0 Å². The summed E-state index contributed by atoms with van der Waals surface area (Å²) in [6.07, 6.45) is 1.84. The molecule has 6 heteroatoms. The van der Waals surface area contributed by atoms with E-state index in [-0.39, 0.29) is 35.8 Å². The Kier molecular flexibility index (Phi) is 5.29. The quantitative estimate of drug-likeness (QED) is 0.752. The predicted octanol–water partition coefficient (Wildman–Crippen LogP) is 2.83. The Morgan fingerprint density at radius 3 is 2.68 bits per heavy atom. The number of aliphatic hydroxyl groups is 1. The fourth-order valence-electron chi connectivity index (χ4n) is 2.42. The molecule has 0 aliphatic heterocycles. The molecule has 122 valence electrons. The maximum absolute atomic E-state index is 13.1. The number of rotatable bonds is 6. The lowest BCUT2D eigenvalue weighted by atomic mass is 9.96. The Morgan fingerprint density at radius 2 is 2.14 bits per heavy atom. The van der Waals surface area contributed by atoms with E-state index in [1.54, 1.807) is 6.07 Å². The van der Waals surface area contributed by atoms with Gasteiger partial charge in [-0.05, 0) is 43.4 Å². The third kappa shape index (κ3) is 3.90. The molecule has 4 nitrogen and oxygen atoms in total. The number of benzene rings is 1. The van der Waals surface area contributed by atoms with E-state index < -0.39 is 0 Å². The summed E-state index contributed by atoms with van der Waals surface area (Å²) < 4.78 is 13.1. The molecule has 1 aromatic rings. The number of carbonyl (C=O) groups excluding carboxylic acids is 1. The minimum atomic E-state index is -0.359. The molecule has 22 heavy (non-hydrogen) atoms. The Morgan fingerprint density at radius 1 is 1.45 bits per heavy atom. The van der Waals surface area contributed by atoms with Gasteiger partial charge in [0.15, 0.2) is 0 Å². The van der Waals surface area contributed by atoms with Crippen molar-refractivity contribution in [2.24, 2.45) is 5.92 Å². The van der Waals surface area contributed by atoms with Crippen LogP contribution >= 0.6 is 11.6 Å². The molecule has 1 aliphatic rings. The summed E-state index contributed by atoms with van der Waals surface area (Å²) in [4.78, 5) is 11.9. The monoisotopic (exact) mass is 328 g/mol. The molecular formula is C16H22ClFN2O2. The highest BCUT2D eigenvalue weighted by molar-refractivity contribution is 6.31. The summed E-state index contributed by atoms with van der Waals surface area (Å²) in [5.41, 5.74) is 0.696. The molecule has 2 atom stereocenters. The second kappa shape index (κ2) is 6.84. The van der Waals surface area contributed by atoms with Crippen LogP contribution in [0.15, 0.2) is 18.2 Å². The summed E-state index contributed by atoms with van der Waals surface area (Å²) in [5, 5.41) is 15.1. The molecule has 0 bridgehead atoms. The lowest BCUT2D eigenvalue weighted by molar-refractivity contribution is 0.200. The van der Waals surface area contributed by atoms with Gasteiger partial charge in [0.2, 0.25) is 0 Å². The Hall–Kier alpha value is -1.33.